The minimum absolute atomic E-state index is 0.418. The number of rotatable bonds is 4. The number of halogens is 1. The Bertz CT molecular complexity index is 876. The van der Waals surface area contributed by atoms with Crippen molar-refractivity contribution in [2.45, 2.75) is 32.2 Å². The molecule has 0 bridgehead atoms. The molecule has 2 aromatic carbocycles. The molecule has 0 saturated carbocycles. The third-order valence-corrected chi connectivity index (χ3v) is 5.41. The van der Waals surface area contributed by atoms with E-state index >= 15 is 0 Å². The maximum Gasteiger partial charge on any atom is 0.151 e. The number of hydrogen-bond donors (Lipinski definition) is 0. The van der Waals surface area contributed by atoms with E-state index in [0.717, 1.165) is 30.3 Å². The summed E-state index contributed by atoms with van der Waals surface area (Å²) in [5.74, 6) is 0. The summed E-state index contributed by atoms with van der Waals surface area (Å²) in [4.78, 5) is 2.60. The monoisotopic (exact) mass is 351 g/mol. The van der Waals surface area contributed by atoms with Gasteiger partial charge in [0.05, 0.1) is 5.69 Å². The van der Waals surface area contributed by atoms with Crippen LogP contribution < -0.4 is 0 Å². The Balaban J connectivity index is 1.53. The summed E-state index contributed by atoms with van der Waals surface area (Å²) in [7, 11) is 0. The molecule has 25 heavy (non-hydrogen) atoms. The number of benzene rings is 2. The van der Waals surface area contributed by atoms with Crippen LogP contribution in [0.5, 0.6) is 0 Å². The van der Waals surface area contributed by atoms with Gasteiger partial charge in [-0.1, -0.05) is 41.9 Å². The van der Waals surface area contributed by atoms with E-state index in [1.54, 1.807) is 6.07 Å². The Kier molecular flexibility index (Phi) is 4.69. The van der Waals surface area contributed by atoms with Gasteiger partial charge >= 0.3 is 0 Å². The van der Waals surface area contributed by atoms with Crippen molar-refractivity contribution in [1.29, 1.82) is 0 Å². The number of likely N-dealkylation sites (tertiary alicyclic amines) is 1. The van der Waals surface area contributed by atoms with E-state index < -0.39 is 0 Å². The summed E-state index contributed by atoms with van der Waals surface area (Å²) in [6, 6.07) is 17.6. The van der Waals surface area contributed by atoms with Crippen LogP contribution in [0.4, 0.5) is 0 Å². The fourth-order valence-corrected chi connectivity index (χ4v) is 3.78. The van der Waals surface area contributed by atoms with Gasteiger partial charge in [-0.3, -0.25) is 0 Å². The van der Waals surface area contributed by atoms with E-state index in [-0.39, 0.29) is 0 Å². The highest BCUT2D eigenvalue weighted by Gasteiger charge is 2.19. The minimum Gasteiger partial charge on any atom is -0.300 e. The van der Waals surface area contributed by atoms with Crippen LogP contribution in [0.25, 0.3) is 22.0 Å². The number of nitrogens with zero attached hydrogens (tertiary/aromatic N) is 3. The van der Waals surface area contributed by atoms with Crippen LogP contribution in [0.2, 0.25) is 5.15 Å². The van der Waals surface area contributed by atoms with Crippen LogP contribution in [-0.4, -0.2) is 34.2 Å². The van der Waals surface area contributed by atoms with E-state index in [9.17, 15) is 0 Å². The molecule has 0 aliphatic carbocycles. The van der Waals surface area contributed by atoms with Crippen LogP contribution in [-0.2, 0) is 6.42 Å². The lowest BCUT2D eigenvalue weighted by atomic mass is 10.0. The van der Waals surface area contributed by atoms with Crippen molar-refractivity contribution >= 4 is 22.4 Å². The van der Waals surface area contributed by atoms with Gasteiger partial charge in [-0.15, -0.1) is 10.2 Å². The Labute approximate surface area is 153 Å². The molecule has 2 heterocycles. The van der Waals surface area contributed by atoms with Gasteiger partial charge in [-0.2, -0.15) is 0 Å². The molecular weight excluding hydrogens is 330 g/mol. The van der Waals surface area contributed by atoms with Crippen LogP contribution in [0.15, 0.2) is 48.5 Å². The second-order valence-electron chi connectivity index (χ2n) is 6.91. The first-order chi connectivity index (χ1) is 12.2. The van der Waals surface area contributed by atoms with Crippen LogP contribution >= 0.6 is 11.6 Å². The normalized spacial score (nSPS) is 18.1. The Morgan fingerprint density at radius 3 is 2.64 bits per heavy atom. The highest BCUT2D eigenvalue weighted by molar-refractivity contribution is 6.29. The molecule has 4 heteroatoms. The SMILES string of the molecule is CC1CCCN1CCc1ccc2cc(-c3ccc(Cl)nn3)ccc2c1. The van der Waals surface area contributed by atoms with Crippen molar-refractivity contribution in [2.24, 2.45) is 0 Å². The van der Waals surface area contributed by atoms with Crippen LogP contribution in [0.3, 0.4) is 0 Å². The zero-order valence-corrected chi connectivity index (χ0v) is 15.2. The molecule has 1 saturated heterocycles. The molecule has 1 fully saturated rings. The fourth-order valence-electron chi connectivity index (χ4n) is 3.68. The van der Waals surface area contributed by atoms with E-state index in [1.807, 2.05) is 6.07 Å². The van der Waals surface area contributed by atoms with Crippen molar-refractivity contribution in [3.63, 3.8) is 0 Å². The molecule has 3 aromatic rings. The zero-order valence-electron chi connectivity index (χ0n) is 14.5. The summed E-state index contributed by atoms with van der Waals surface area (Å²) in [5, 5.41) is 11.0. The molecule has 1 aromatic heterocycles. The minimum atomic E-state index is 0.418. The Hall–Kier alpha value is -1.97. The summed E-state index contributed by atoms with van der Waals surface area (Å²) in [6.07, 6.45) is 3.80. The molecule has 3 nitrogen and oxygen atoms in total. The Morgan fingerprint density at radius 1 is 1.04 bits per heavy atom. The average Bonchev–Trinajstić information content (AvgIpc) is 3.05. The zero-order chi connectivity index (χ0) is 17.2. The first kappa shape index (κ1) is 16.5. The van der Waals surface area contributed by atoms with Gasteiger partial charge in [-0.05, 0) is 67.3 Å². The summed E-state index contributed by atoms with van der Waals surface area (Å²) >= 11 is 5.82. The predicted molar refractivity (Wildman–Crippen MR) is 104 cm³/mol. The number of fused-ring (bicyclic) bond motifs is 1. The van der Waals surface area contributed by atoms with Gasteiger partial charge < -0.3 is 4.90 Å². The van der Waals surface area contributed by atoms with Gasteiger partial charge in [-0.25, -0.2) is 0 Å². The molecular formula is C21H22ClN3. The molecule has 4 rings (SSSR count). The van der Waals surface area contributed by atoms with E-state index in [1.165, 1.54) is 35.7 Å². The second kappa shape index (κ2) is 7.11. The van der Waals surface area contributed by atoms with Gasteiger partial charge in [0.15, 0.2) is 5.15 Å². The average molecular weight is 352 g/mol. The number of hydrogen-bond acceptors (Lipinski definition) is 3. The first-order valence-corrected chi connectivity index (χ1v) is 9.33. The smallest absolute Gasteiger partial charge is 0.151 e. The lowest BCUT2D eigenvalue weighted by Gasteiger charge is -2.20. The van der Waals surface area contributed by atoms with Crippen LogP contribution in [0.1, 0.15) is 25.3 Å². The quantitative estimate of drug-likeness (QED) is 0.664. The van der Waals surface area contributed by atoms with E-state index in [2.05, 4.69) is 58.4 Å². The maximum atomic E-state index is 5.82. The molecule has 0 radical (unpaired) electrons. The highest BCUT2D eigenvalue weighted by Crippen LogP contribution is 2.25. The van der Waals surface area contributed by atoms with Crippen molar-refractivity contribution in [1.82, 2.24) is 15.1 Å². The predicted octanol–water partition coefficient (Wildman–Crippen LogP) is 4.98. The first-order valence-electron chi connectivity index (χ1n) is 8.95. The Morgan fingerprint density at radius 2 is 1.88 bits per heavy atom. The second-order valence-corrected chi connectivity index (χ2v) is 7.30. The lowest BCUT2D eigenvalue weighted by Crippen LogP contribution is -2.28. The molecule has 128 valence electrons. The topological polar surface area (TPSA) is 29.0 Å². The standard InChI is InChI=1S/C21H22ClN3/c1-15-3-2-11-25(15)12-10-16-4-5-18-14-19(7-6-17(18)13-16)20-8-9-21(22)24-23-20/h4-9,13-15H,2-3,10-12H2,1H3. The third kappa shape index (κ3) is 3.68. The largest absolute Gasteiger partial charge is 0.300 e. The van der Waals surface area contributed by atoms with Crippen molar-refractivity contribution in [3.05, 3.63) is 59.2 Å². The molecule has 1 unspecified atom stereocenters. The maximum absolute atomic E-state index is 5.82. The van der Waals surface area contributed by atoms with E-state index in [0.29, 0.717) is 5.15 Å². The highest BCUT2D eigenvalue weighted by atomic mass is 35.5. The molecule has 0 amide bonds. The lowest BCUT2D eigenvalue weighted by molar-refractivity contribution is 0.272. The fraction of sp³-hybridized carbons (Fsp3) is 0.333. The van der Waals surface area contributed by atoms with Gasteiger partial charge in [0.25, 0.3) is 0 Å². The van der Waals surface area contributed by atoms with Crippen molar-refractivity contribution in [3.8, 4) is 11.3 Å². The van der Waals surface area contributed by atoms with Crippen molar-refractivity contribution < 1.29 is 0 Å². The van der Waals surface area contributed by atoms with Crippen LogP contribution in [0, 0.1) is 0 Å². The van der Waals surface area contributed by atoms with Gasteiger partial charge in [0.1, 0.15) is 0 Å². The number of aromatic nitrogens is 2. The molecule has 1 aliphatic heterocycles. The van der Waals surface area contributed by atoms with Gasteiger partial charge in [0, 0.05) is 18.2 Å². The summed E-state index contributed by atoms with van der Waals surface area (Å²) < 4.78 is 0. The van der Waals surface area contributed by atoms with Gasteiger partial charge in [0.2, 0.25) is 0 Å². The van der Waals surface area contributed by atoms with Crippen molar-refractivity contribution in [2.75, 3.05) is 13.1 Å². The molecule has 0 spiro atoms. The summed E-state index contributed by atoms with van der Waals surface area (Å²) in [5.41, 5.74) is 3.32. The molecule has 1 atom stereocenters. The molecule has 1 aliphatic rings. The summed E-state index contributed by atoms with van der Waals surface area (Å²) in [6.45, 7) is 4.75. The van der Waals surface area contributed by atoms with E-state index in [4.69, 9.17) is 11.6 Å². The molecule has 0 N–H and O–H groups in total. The third-order valence-electron chi connectivity index (χ3n) is 5.21.